The third-order valence-electron chi connectivity index (χ3n) is 2.10. The van der Waals surface area contributed by atoms with E-state index in [9.17, 15) is 5.11 Å². The second-order valence-electron chi connectivity index (χ2n) is 4.77. The summed E-state index contributed by atoms with van der Waals surface area (Å²) in [5.41, 5.74) is 3.58. The van der Waals surface area contributed by atoms with Gasteiger partial charge in [-0.3, -0.25) is 0 Å². The molecule has 82 valence electrons. The SMILES string of the molecule is COC(C)(C)C(=C=C(C)C)C(C)(C)O. The summed E-state index contributed by atoms with van der Waals surface area (Å²) in [6.07, 6.45) is 0. The summed E-state index contributed by atoms with van der Waals surface area (Å²) in [5, 5.41) is 10.0. The molecule has 1 N–H and O–H groups in total. The Hall–Kier alpha value is -0.560. The van der Waals surface area contributed by atoms with E-state index in [1.54, 1.807) is 21.0 Å². The van der Waals surface area contributed by atoms with Crippen molar-refractivity contribution >= 4 is 0 Å². The van der Waals surface area contributed by atoms with E-state index in [-0.39, 0.29) is 0 Å². The number of rotatable bonds is 3. The Kier molecular flexibility index (Phi) is 4.14. The predicted octanol–water partition coefficient (Wildman–Crippen LogP) is 2.67. The molecule has 0 radical (unpaired) electrons. The van der Waals surface area contributed by atoms with Gasteiger partial charge in [0.1, 0.15) is 0 Å². The van der Waals surface area contributed by atoms with Crippen LogP contribution in [0.5, 0.6) is 0 Å². The quantitative estimate of drug-likeness (QED) is 0.706. The molecule has 0 unspecified atom stereocenters. The first-order valence-electron chi connectivity index (χ1n) is 4.84. The maximum atomic E-state index is 10.0. The van der Waals surface area contributed by atoms with Gasteiger partial charge in [0.2, 0.25) is 0 Å². The van der Waals surface area contributed by atoms with Crippen LogP contribution in [-0.4, -0.2) is 23.4 Å². The van der Waals surface area contributed by atoms with Crippen molar-refractivity contribution in [2.24, 2.45) is 0 Å². The molecule has 14 heavy (non-hydrogen) atoms. The van der Waals surface area contributed by atoms with Crippen molar-refractivity contribution in [1.29, 1.82) is 0 Å². The Bertz CT molecular complexity index is 257. The first-order valence-corrected chi connectivity index (χ1v) is 4.84. The van der Waals surface area contributed by atoms with Gasteiger partial charge in [-0.25, -0.2) is 0 Å². The molecule has 0 aliphatic carbocycles. The molecule has 0 aromatic heterocycles. The average Bonchev–Trinajstić information content (AvgIpc) is 1.98. The van der Waals surface area contributed by atoms with Crippen LogP contribution in [0.2, 0.25) is 0 Å². The molecule has 2 heteroatoms. The standard InChI is InChI=1S/C12H22O2/c1-9(2)8-10(11(3,4)13)12(5,6)14-7/h13H,1-7H3. The third kappa shape index (κ3) is 3.67. The lowest BCUT2D eigenvalue weighted by Gasteiger charge is -2.32. The zero-order valence-electron chi connectivity index (χ0n) is 10.4. The highest BCUT2D eigenvalue weighted by Gasteiger charge is 2.33. The minimum atomic E-state index is -0.906. The van der Waals surface area contributed by atoms with Crippen molar-refractivity contribution in [1.82, 2.24) is 0 Å². The van der Waals surface area contributed by atoms with Gasteiger partial charge in [0, 0.05) is 12.7 Å². The molecular formula is C12H22O2. The number of methoxy groups -OCH3 is 1. The van der Waals surface area contributed by atoms with Crippen LogP contribution in [0.25, 0.3) is 0 Å². The Morgan fingerprint density at radius 3 is 1.79 bits per heavy atom. The van der Waals surface area contributed by atoms with Crippen molar-refractivity contribution in [2.75, 3.05) is 7.11 Å². The molecule has 0 aliphatic heterocycles. The predicted molar refractivity (Wildman–Crippen MR) is 59.3 cm³/mol. The van der Waals surface area contributed by atoms with E-state index < -0.39 is 11.2 Å². The Labute approximate surface area is 87.3 Å². The van der Waals surface area contributed by atoms with Crippen LogP contribution >= 0.6 is 0 Å². The third-order valence-corrected chi connectivity index (χ3v) is 2.10. The molecule has 0 fully saturated rings. The van der Waals surface area contributed by atoms with Crippen molar-refractivity contribution < 1.29 is 9.84 Å². The highest BCUT2D eigenvalue weighted by molar-refractivity contribution is 5.24. The second kappa shape index (κ2) is 4.31. The second-order valence-corrected chi connectivity index (χ2v) is 4.77. The van der Waals surface area contributed by atoms with E-state index in [4.69, 9.17) is 4.74 Å². The fraction of sp³-hybridized carbons (Fsp3) is 0.750. The Balaban J connectivity index is 5.49. The van der Waals surface area contributed by atoms with Gasteiger partial charge < -0.3 is 9.84 Å². The Morgan fingerprint density at radius 2 is 1.57 bits per heavy atom. The van der Waals surface area contributed by atoms with Gasteiger partial charge in [-0.2, -0.15) is 0 Å². The highest BCUT2D eigenvalue weighted by atomic mass is 16.5. The first-order chi connectivity index (χ1) is 6.11. The number of hydrogen-bond acceptors (Lipinski definition) is 2. The van der Waals surface area contributed by atoms with Gasteiger partial charge >= 0.3 is 0 Å². The Morgan fingerprint density at radius 1 is 1.14 bits per heavy atom. The lowest BCUT2D eigenvalue weighted by Crippen LogP contribution is -2.37. The minimum absolute atomic E-state index is 0.491. The minimum Gasteiger partial charge on any atom is -0.385 e. The van der Waals surface area contributed by atoms with Crippen LogP contribution in [0.4, 0.5) is 0 Å². The molecule has 0 bridgehead atoms. The molecule has 2 nitrogen and oxygen atoms in total. The topological polar surface area (TPSA) is 29.5 Å². The van der Waals surface area contributed by atoms with Gasteiger partial charge in [-0.1, -0.05) is 0 Å². The van der Waals surface area contributed by atoms with Gasteiger partial charge in [0.05, 0.1) is 11.2 Å². The van der Waals surface area contributed by atoms with E-state index >= 15 is 0 Å². The summed E-state index contributed by atoms with van der Waals surface area (Å²) in [6.45, 7) is 11.3. The molecule has 0 aromatic carbocycles. The van der Waals surface area contributed by atoms with E-state index in [0.717, 1.165) is 11.1 Å². The van der Waals surface area contributed by atoms with Crippen molar-refractivity contribution in [3.63, 3.8) is 0 Å². The van der Waals surface area contributed by atoms with Gasteiger partial charge in [-0.05, 0) is 47.1 Å². The summed E-state index contributed by atoms with van der Waals surface area (Å²) in [5.74, 6) is 0. The zero-order valence-corrected chi connectivity index (χ0v) is 10.4. The maximum Gasteiger partial charge on any atom is 0.0933 e. The molecule has 0 heterocycles. The lowest BCUT2D eigenvalue weighted by molar-refractivity contribution is 0.00887. The fourth-order valence-corrected chi connectivity index (χ4v) is 1.39. The number of aliphatic hydroxyl groups is 1. The smallest absolute Gasteiger partial charge is 0.0933 e. The van der Waals surface area contributed by atoms with Crippen molar-refractivity contribution in [3.05, 3.63) is 16.9 Å². The molecule has 0 spiro atoms. The van der Waals surface area contributed by atoms with E-state index in [2.05, 4.69) is 5.73 Å². The van der Waals surface area contributed by atoms with Gasteiger partial charge in [0.25, 0.3) is 0 Å². The van der Waals surface area contributed by atoms with Crippen LogP contribution < -0.4 is 0 Å². The number of ether oxygens (including phenoxy) is 1. The van der Waals surface area contributed by atoms with Crippen LogP contribution in [-0.2, 0) is 4.74 Å². The summed E-state index contributed by atoms with van der Waals surface area (Å²) < 4.78 is 5.35. The summed E-state index contributed by atoms with van der Waals surface area (Å²) in [4.78, 5) is 0. The van der Waals surface area contributed by atoms with E-state index in [0.29, 0.717) is 0 Å². The summed E-state index contributed by atoms with van der Waals surface area (Å²) in [6, 6.07) is 0. The normalized spacial score (nSPS) is 12.3. The van der Waals surface area contributed by atoms with Crippen molar-refractivity contribution in [2.45, 2.75) is 52.7 Å². The average molecular weight is 198 g/mol. The van der Waals surface area contributed by atoms with Gasteiger partial charge in [0.15, 0.2) is 0 Å². The van der Waals surface area contributed by atoms with Crippen LogP contribution in [0.1, 0.15) is 41.5 Å². The molecule has 0 amide bonds. The van der Waals surface area contributed by atoms with Crippen molar-refractivity contribution in [3.8, 4) is 0 Å². The lowest BCUT2D eigenvalue weighted by atomic mass is 9.85. The van der Waals surface area contributed by atoms with Crippen LogP contribution in [0.15, 0.2) is 16.9 Å². The summed E-state index contributed by atoms with van der Waals surface area (Å²) in [7, 11) is 1.64. The number of hydrogen-bond donors (Lipinski definition) is 1. The molecule has 0 aromatic rings. The van der Waals surface area contributed by atoms with E-state index in [1.807, 2.05) is 27.7 Å². The van der Waals surface area contributed by atoms with Crippen LogP contribution in [0.3, 0.4) is 0 Å². The van der Waals surface area contributed by atoms with E-state index in [1.165, 1.54) is 0 Å². The van der Waals surface area contributed by atoms with Crippen LogP contribution in [0, 0.1) is 0 Å². The molecule has 0 rings (SSSR count). The highest BCUT2D eigenvalue weighted by Crippen LogP contribution is 2.29. The maximum absolute atomic E-state index is 10.0. The monoisotopic (exact) mass is 198 g/mol. The van der Waals surface area contributed by atoms with Gasteiger partial charge in [-0.15, -0.1) is 5.73 Å². The summed E-state index contributed by atoms with van der Waals surface area (Å²) >= 11 is 0. The molecule has 0 atom stereocenters. The molecular weight excluding hydrogens is 176 g/mol. The molecule has 0 aliphatic rings. The largest absolute Gasteiger partial charge is 0.385 e. The first kappa shape index (κ1) is 13.4. The fourth-order valence-electron chi connectivity index (χ4n) is 1.39. The zero-order chi connectivity index (χ0) is 11.6. The molecule has 0 saturated heterocycles. The molecule has 0 saturated carbocycles.